The lowest BCUT2D eigenvalue weighted by Gasteiger charge is -2.27. The molecule has 3 rings (SSSR count). The molecule has 0 aliphatic carbocycles. The van der Waals surface area contributed by atoms with Gasteiger partial charge in [-0.15, -0.1) is 0 Å². The summed E-state index contributed by atoms with van der Waals surface area (Å²) >= 11 is 0. The van der Waals surface area contributed by atoms with E-state index in [1.54, 1.807) is 29.6 Å². The Kier molecular flexibility index (Phi) is 4.89. The second kappa shape index (κ2) is 6.75. The van der Waals surface area contributed by atoms with E-state index in [0.29, 0.717) is 30.2 Å². The van der Waals surface area contributed by atoms with Gasteiger partial charge in [0.1, 0.15) is 5.82 Å². The van der Waals surface area contributed by atoms with Gasteiger partial charge in [0.05, 0.1) is 11.0 Å². The van der Waals surface area contributed by atoms with Crippen molar-refractivity contribution in [3.63, 3.8) is 0 Å². The third-order valence-electron chi connectivity index (χ3n) is 4.70. The van der Waals surface area contributed by atoms with Gasteiger partial charge in [-0.05, 0) is 45.1 Å². The standard InChI is InChI=1S/C16H25N3O3S/c1-13(20)11-14-5-4-10-19(14)16-12-15(6-7-17-16)23(21,22)18-8-2-3-9-18/h6-7,12-14,20H,2-5,8-11H2,1H3/t13-,14-/m0/s1. The predicted octanol–water partition coefficient (Wildman–Crippen LogP) is 1.61. The van der Waals surface area contributed by atoms with Crippen LogP contribution in [0, 0.1) is 0 Å². The minimum absolute atomic E-state index is 0.229. The maximum absolute atomic E-state index is 12.7. The van der Waals surface area contributed by atoms with Crippen LogP contribution < -0.4 is 4.90 Å². The maximum atomic E-state index is 12.7. The molecule has 1 N–H and O–H groups in total. The predicted molar refractivity (Wildman–Crippen MR) is 88.9 cm³/mol. The van der Waals surface area contributed by atoms with Gasteiger partial charge < -0.3 is 10.0 Å². The molecule has 2 fully saturated rings. The molecule has 128 valence electrons. The van der Waals surface area contributed by atoms with Crippen LogP contribution >= 0.6 is 0 Å². The highest BCUT2D eigenvalue weighted by molar-refractivity contribution is 7.89. The summed E-state index contributed by atoms with van der Waals surface area (Å²) in [7, 11) is -3.41. The first-order valence-electron chi connectivity index (χ1n) is 8.39. The molecule has 2 atom stereocenters. The Morgan fingerprint density at radius 2 is 2.04 bits per heavy atom. The first-order valence-corrected chi connectivity index (χ1v) is 9.83. The van der Waals surface area contributed by atoms with Gasteiger partial charge in [-0.25, -0.2) is 13.4 Å². The van der Waals surface area contributed by atoms with E-state index in [0.717, 1.165) is 32.2 Å². The minimum Gasteiger partial charge on any atom is -0.393 e. The maximum Gasteiger partial charge on any atom is 0.243 e. The van der Waals surface area contributed by atoms with Crippen molar-refractivity contribution in [2.24, 2.45) is 0 Å². The smallest absolute Gasteiger partial charge is 0.243 e. The number of hydrogen-bond donors (Lipinski definition) is 1. The van der Waals surface area contributed by atoms with Crippen molar-refractivity contribution in [1.82, 2.24) is 9.29 Å². The van der Waals surface area contributed by atoms with E-state index in [1.165, 1.54) is 0 Å². The van der Waals surface area contributed by atoms with Gasteiger partial charge in [-0.3, -0.25) is 0 Å². The molecule has 2 saturated heterocycles. The summed E-state index contributed by atoms with van der Waals surface area (Å²) in [5.74, 6) is 0.702. The second-order valence-corrected chi connectivity index (χ2v) is 8.47. The zero-order valence-electron chi connectivity index (χ0n) is 13.6. The number of anilines is 1. The molecular formula is C16H25N3O3S. The van der Waals surface area contributed by atoms with Crippen molar-refractivity contribution in [2.75, 3.05) is 24.5 Å². The Hall–Kier alpha value is -1.18. The van der Waals surface area contributed by atoms with Gasteiger partial charge in [-0.1, -0.05) is 0 Å². The van der Waals surface area contributed by atoms with Crippen LogP contribution in [-0.4, -0.2) is 54.6 Å². The van der Waals surface area contributed by atoms with Crippen molar-refractivity contribution in [3.8, 4) is 0 Å². The van der Waals surface area contributed by atoms with E-state index in [1.807, 2.05) is 0 Å². The van der Waals surface area contributed by atoms with Gasteiger partial charge in [0.2, 0.25) is 10.0 Å². The number of sulfonamides is 1. The SMILES string of the molecule is C[C@H](O)C[C@@H]1CCCN1c1cc(S(=O)(=O)N2CCCC2)ccn1. The number of aromatic nitrogens is 1. The van der Waals surface area contributed by atoms with Gasteiger partial charge in [-0.2, -0.15) is 4.31 Å². The molecule has 6 nitrogen and oxygen atoms in total. The number of hydrogen-bond acceptors (Lipinski definition) is 5. The summed E-state index contributed by atoms with van der Waals surface area (Å²) < 4.78 is 27.0. The molecule has 0 bridgehead atoms. The lowest BCUT2D eigenvalue weighted by atomic mass is 10.1. The number of aliphatic hydroxyl groups excluding tert-OH is 1. The molecule has 2 aliphatic heterocycles. The monoisotopic (exact) mass is 339 g/mol. The Bertz CT molecular complexity index is 642. The Morgan fingerprint density at radius 1 is 1.30 bits per heavy atom. The zero-order chi connectivity index (χ0) is 16.4. The van der Waals surface area contributed by atoms with Crippen LogP contribution in [0.25, 0.3) is 0 Å². The van der Waals surface area contributed by atoms with Crippen LogP contribution in [0.15, 0.2) is 23.2 Å². The van der Waals surface area contributed by atoms with Crippen molar-refractivity contribution in [2.45, 2.75) is 56.1 Å². The van der Waals surface area contributed by atoms with Crippen LogP contribution in [0.3, 0.4) is 0 Å². The van der Waals surface area contributed by atoms with Crippen LogP contribution in [0.2, 0.25) is 0 Å². The van der Waals surface area contributed by atoms with Crippen molar-refractivity contribution in [1.29, 1.82) is 0 Å². The van der Waals surface area contributed by atoms with Gasteiger partial charge in [0.25, 0.3) is 0 Å². The van der Waals surface area contributed by atoms with E-state index >= 15 is 0 Å². The van der Waals surface area contributed by atoms with E-state index < -0.39 is 10.0 Å². The summed E-state index contributed by atoms with van der Waals surface area (Å²) in [6.45, 7) is 3.86. The highest BCUT2D eigenvalue weighted by Gasteiger charge is 2.30. The van der Waals surface area contributed by atoms with Crippen LogP contribution in [0.1, 0.15) is 39.0 Å². The average Bonchev–Trinajstić information content (AvgIpc) is 3.18. The van der Waals surface area contributed by atoms with E-state index in [9.17, 15) is 13.5 Å². The molecule has 1 aromatic rings. The zero-order valence-corrected chi connectivity index (χ0v) is 14.4. The summed E-state index contributed by atoms with van der Waals surface area (Å²) in [6, 6.07) is 3.50. The Morgan fingerprint density at radius 3 is 2.74 bits per heavy atom. The molecule has 1 aromatic heterocycles. The average molecular weight is 339 g/mol. The largest absolute Gasteiger partial charge is 0.393 e. The molecule has 0 saturated carbocycles. The van der Waals surface area contributed by atoms with Crippen LogP contribution in [0.5, 0.6) is 0 Å². The fourth-order valence-electron chi connectivity index (χ4n) is 3.57. The molecule has 0 spiro atoms. The van der Waals surface area contributed by atoms with E-state index in [2.05, 4.69) is 9.88 Å². The van der Waals surface area contributed by atoms with Crippen LogP contribution in [0.4, 0.5) is 5.82 Å². The summed E-state index contributed by atoms with van der Waals surface area (Å²) in [4.78, 5) is 6.84. The number of rotatable bonds is 5. The quantitative estimate of drug-likeness (QED) is 0.882. The Balaban J connectivity index is 1.85. The minimum atomic E-state index is -3.41. The van der Waals surface area contributed by atoms with E-state index in [4.69, 9.17) is 0 Å². The number of pyridine rings is 1. The molecule has 0 aromatic carbocycles. The topological polar surface area (TPSA) is 73.7 Å². The summed E-state index contributed by atoms with van der Waals surface area (Å²) in [6.07, 6.45) is 5.81. The summed E-state index contributed by atoms with van der Waals surface area (Å²) in [5, 5.41) is 9.66. The summed E-state index contributed by atoms with van der Waals surface area (Å²) in [5.41, 5.74) is 0. The fourth-order valence-corrected chi connectivity index (χ4v) is 5.10. The van der Waals surface area contributed by atoms with Crippen molar-refractivity contribution >= 4 is 15.8 Å². The fraction of sp³-hybridized carbons (Fsp3) is 0.688. The number of aliphatic hydroxyl groups is 1. The van der Waals surface area contributed by atoms with Gasteiger partial charge >= 0.3 is 0 Å². The molecule has 7 heteroatoms. The second-order valence-electron chi connectivity index (χ2n) is 6.54. The normalized spacial score (nSPS) is 24.3. The van der Waals surface area contributed by atoms with Gasteiger partial charge in [0, 0.05) is 37.9 Å². The molecule has 0 radical (unpaired) electrons. The van der Waals surface area contributed by atoms with E-state index in [-0.39, 0.29) is 12.1 Å². The third kappa shape index (κ3) is 3.51. The molecule has 0 amide bonds. The molecule has 23 heavy (non-hydrogen) atoms. The lowest BCUT2D eigenvalue weighted by Crippen LogP contribution is -2.33. The van der Waals surface area contributed by atoms with Crippen molar-refractivity contribution in [3.05, 3.63) is 18.3 Å². The highest BCUT2D eigenvalue weighted by atomic mass is 32.2. The first kappa shape index (κ1) is 16.7. The molecule has 3 heterocycles. The van der Waals surface area contributed by atoms with Gasteiger partial charge in [0.15, 0.2) is 0 Å². The van der Waals surface area contributed by atoms with Crippen molar-refractivity contribution < 1.29 is 13.5 Å². The first-order chi connectivity index (χ1) is 11.0. The molecule has 2 aliphatic rings. The molecular weight excluding hydrogens is 314 g/mol. The number of nitrogens with zero attached hydrogens (tertiary/aromatic N) is 3. The third-order valence-corrected chi connectivity index (χ3v) is 6.60. The van der Waals surface area contributed by atoms with Crippen LogP contribution in [-0.2, 0) is 10.0 Å². The highest BCUT2D eigenvalue weighted by Crippen LogP contribution is 2.29. The molecule has 0 unspecified atom stereocenters. The lowest BCUT2D eigenvalue weighted by molar-refractivity contribution is 0.175. The Labute approximate surface area is 138 Å².